The Labute approximate surface area is 128 Å². The molecule has 1 fully saturated rings. The lowest BCUT2D eigenvalue weighted by molar-refractivity contribution is -0.132. The van der Waals surface area contributed by atoms with Crippen molar-refractivity contribution in [3.05, 3.63) is 28.2 Å². The molecule has 1 aromatic rings. The summed E-state index contributed by atoms with van der Waals surface area (Å²) in [4.78, 5) is 13.6. The number of benzene rings is 1. The fourth-order valence-corrected chi connectivity index (χ4v) is 2.61. The fourth-order valence-electron chi connectivity index (χ4n) is 2.22. The third-order valence-corrected chi connectivity index (χ3v) is 4.19. The normalized spacial score (nSPS) is 18.6. The second-order valence-electron chi connectivity index (χ2n) is 5.08. The van der Waals surface area contributed by atoms with E-state index in [-0.39, 0.29) is 12.0 Å². The Morgan fingerprint density at radius 2 is 2.30 bits per heavy atom. The Balaban J connectivity index is 2.01. The number of nitrogens with zero attached hydrogens (tertiary/aromatic N) is 1. The SMILES string of the molecule is CCCNCc1cc(OC2CCN(C)C2=O)ccc1Br. The lowest BCUT2D eigenvalue weighted by Crippen LogP contribution is -2.29. The number of likely N-dealkylation sites (N-methyl/N-ethyl adjacent to an activating group) is 1. The maximum absolute atomic E-state index is 11.9. The van der Waals surface area contributed by atoms with Crippen molar-refractivity contribution in [1.82, 2.24) is 10.2 Å². The molecule has 1 N–H and O–H groups in total. The van der Waals surface area contributed by atoms with Gasteiger partial charge in [0.15, 0.2) is 6.10 Å². The lowest BCUT2D eigenvalue weighted by atomic mass is 10.2. The number of amides is 1. The highest BCUT2D eigenvalue weighted by atomic mass is 79.9. The van der Waals surface area contributed by atoms with Crippen molar-refractivity contribution in [2.24, 2.45) is 0 Å². The number of halogens is 1. The van der Waals surface area contributed by atoms with Crippen LogP contribution in [0.1, 0.15) is 25.3 Å². The van der Waals surface area contributed by atoms with Gasteiger partial charge in [0.05, 0.1) is 0 Å². The lowest BCUT2D eigenvalue weighted by Gasteiger charge is -2.14. The van der Waals surface area contributed by atoms with Crippen LogP contribution >= 0.6 is 15.9 Å². The van der Waals surface area contributed by atoms with Crippen LogP contribution in [0.3, 0.4) is 0 Å². The van der Waals surface area contributed by atoms with Crippen molar-refractivity contribution in [3.63, 3.8) is 0 Å². The van der Waals surface area contributed by atoms with Gasteiger partial charge in [0.1, 0.15) is 5.75 Å². The van der Waals surface area contributed by atoms with Crippen LogP contribution < -0.4 is 10.1 Å². The molecule has 1 heterocycles. The third kappa shape index (κ3) is 3.73. The highest BCUT2D eigenvalue weighted by Gasteiger charge is 2.30. The van der Waals surface area contributed by atoms with E-state index in [4.69, 9.17) is 4.74 Å². The average Bonchev–Trinajstić information content (AvgIpc) is 2.74. The Morgan fingerprint density at radius 1 is 1.50 bits per heavy atom. The number of carbonyl (C=O) groups excluding carboxylic acids is 1. The molecule has 0 aromatic heterocycles. The summed E-state index contributed by atoms with van der Waals surface area (Å²) in [5.41, 5.74) is 1.15. The number of likely N-dealkylation sites (tertiary alicyclic amines) is 1. The molecule has 5 heteroatoms. The second kappa shape index (κ2) is 7.09. The van der Waals surface area contributed by atoms with E-state index in [9.17, 15) is 4.79 Å². The number of hydrogen-bond donors (Lipinski definition) is 1. The first-order chi connectivity index (χ1) is 9.61. The maximum Gasteiger partial charge on any atom is 0.263 e. The first-order valence-corrected chi connectivity index (χ1v) is 7.82. The summed E-state index contributed by atoms with van der Waals surface area (Å²) in [6.07, 6.45) is 1.53. The molecule has 1 unspecified atom stereocenters. The van der Waals surface area contributed by atoms with E-state index in [1.807, 2.05) is 25.2 Å². The van der Waals surface area contributed by atoms with Crippen molar-refractivity contribution in [3.8, 4) is 5.75 Å². The summed E-state index contributed by atoms with van der Waals surface area (Å²) in [5.74, 6) is 0.828. The molecule has 1 amide bonds. The molecule has 0 radical (unpaired) electrons. The van der Waals surface area contributed by atoms with Crippen LogP contribution in [0.4, 0.5) is 0 Å². The zero-order chi connectivity index (χ0) is 14.5. The third-order valence-electron chi connectivity index (χ3n) is 3.42. The molecule has 110 valence electrons. The predicted octanol–water partition coefficient (Wildman–Crippen LogP) is 2.56. The summed E-state index contributed by atoms with van der Waals surface area (Å²) in [7, 11) is 1.81. The Morgan fingerprint density at radius 3 is 2.95 bits per heavy atom. The van der Waals surface area contributed by atoms with Crippen LogP contribution in [0.2, 0.25) is 0 Å². The van der Waals surface area contributed by atoms with Crippen LogP contribution in [-0.2, 0) is 11.3 Å². The van der Waals surface area contributed by atoms with Crippen LogP contribution in [-0.4, -0.2) is 37.0 Å². The molecular weight excluding hydrogens is 320 g/mol. The molecule has 2 rings (SSSR count). The molecule has 1 aliphatic heterocycles. The Bertz CT molecular complexity index is 479. The molecule has 1 atom stereocenters. The largest absolute Gasteiger partial charge is 0.481 e. The van der Waals surface area contributed by atoms with Crippen LogP contribution in [0.15, 0.2) is 22.7 Å². The summed E-state index contributed by atoms with van der Waals surface area (Å²) in [5, 5.41) is 3.37. The first-order valence-electron chi connectivity index (χ1n) is 7.02. The molecule has 1 aromatic carbocycles. The second-order valence-corrected chi connectivity index (χ2v) is 5.94. The summed E-state index contributed by atoms with van der Waals surface area (Å²) < 4.78 is 6.88. The molecule has 4 nitrogen and oxygen atoms in total. The standard InChI is InChI=1S/C15H21BrN2O2/c1-3-7-17-10-11-9-12(4-5-13(11)16)20-14-6-8-18(2)15(14)19/h4-5,9,14,17H,3,6-8,10H2,1-2H3. The minimum atomic E-state index is -0.336. The number of rotatable bonds is 6. The number of carbonyl (C=O) groups is 1. The van der Waals surface area contributed by atoms with Crippen LogP contribution in [0, 0.1) is 0 Å². The van der Waals surface area contributed by atoms with Crippen molar-refractivity contribution >= 4 is 21.8 Å². The topological polar surface area (TPSA) is 41.6 Å². The number of ether oxygens (including phenoxy) is 1. The monoisotopic (exact) mass is 340 g/mol. The van der Waals surface area contributed by atoms with Gasteiger partial charge in [-0.05, 0) is 36.7 Å². The minimum absolute atomic E-state index is 0.0681. The quantitative estimate of drug-likeness (QED) is 0.809. The smallest absolute Gasteiger partial charge is 0.263 e. The van der Waals surface area contributed by atoms with Gasteiger partial charge >= 0.3 is 0 Å². The Hall–Kier alpha value is -1.07. The molecule has 0 saturated carbocycles. The highest BCUT2D eigenvalue weighted by Crippen LogP contribution is 2.25. The van der Waals surface area contributed by atoms with Gasteiger partial charge in [0.25, 0.3) is 5.91 Å². The maximum atomic E-state index is 11.9. The fraction of sp³-hybridized carbons (Fsp3) is 0.533. The van der Waals surface area contributed by atoms with E-state index < -0.39 is 0 Å². The van der Waals surface area contributed by atoms with E-state index in [0.717, 1.165) is 48.3 Å². The van der Waals surface area contributed by atoms with Gasteiger partial charge in [-0.15, -0.1) is 0 Å². The first kappa shape index (κ1) is 15.3. The highest BCUT2D eigenvalue weighted by molar-refractivity contribution is 9.10. The van der Waals surface area contributed by atoms with Crippen LogP contribution in [0.25, 0.3) is 0 Å². The molecule has 1 aliphatic rings. The summed E-state index contributed by atoms with van der Waals surface area (Å²) >= 11 is 3.55. The number of nitrogens with one attached hydrogen (secondary N) is 1. The molecule has 1 saturated heterocycles. The van der Waals surface area contributed by atoms with E-state index in [1.165, 1.54) is 0 Å². The minimum Gasteiger partial charge on any atom is -0.481 e. The zero-order valence-corrected chi connectivity index (χ0v) is 13.6. The van der Waals surface area contributed by atoms with Crippen molar-refractivity contribution < 1.29 is 9.53 Å². The van der Waals surface area contributed by atoms with Crippen molar-refractivity contribution in [2.75, 3.05) is 20.1 Å². The van der Waals surface area contributed by atoms with E-state index in [0.29, 0.717) is 0 Å². The summed E-state index contributed by atoms with van der Waals surface area (Å²) in [6, 6.07) is 5.87. The van der Waals surface area contributed by atoms with Gasteiger partial charge in [-0.25, -0.2) is 0 Å². The van der Waals surface area contributed by atoms with Gasteiger partial charge < -0.3 is 15.0 Å². The van der Waals surface area contributed by atoms with Crippen molar-refractivity contribution in [2.45, 2.75) is 32.4 Å². The molecule has 20 heavy (non-hydrogen) atoms. The van der Waals surface area contributed by atoms with Gasteiger partial charge in [-0.1, -0.05) is 22.9 Å². The van der Waals surface area contributed by atoms with E-state index in [1.54, 1.807) is 4.90 Å². The van der Waals surface area contributed by atoms with E-state index >= 15 is 0 Å². The Kier molecular flexibility index (Phi) is 5.43. The average molecular weight is 341 g/mol. The van der Waals surface area contributed by atoms with Gasteiger partial charge in [0, 0.05) is 31.0 Å². The zero-order valence-electron chi connectivity index (χ0n) is 12.0. The van der Waals surface area contributed by atoms with Gasteiger partial charge in [0.2, 0.25) is 0 Å². The molecular formula is C15H21BrN2O2. The predicted molar refractivity (Wildman–Crippen MR) is 82.8 cm³/mol. The number of hydrogen-bond acceptors (Lipinski definition) is 3. The van der Waals surface area contributed by atoms with Gasteiger partial charge in [-0.2, -0.15) is 0 Å². The summed E-state index contributed by atoms with van der Waals surface area (Å²) in [6.45, 7) is 4.70. The molecule has 0 spiro atoms. The van der Waals surface area contributed by atoms with Crippen molar-refractivity contribution in [1.29, 1.82) is 0 Å². The molecule has 0 bridgehead atoms. The van der Waals surface area contributed by atoms with E-state index in [2.05, 4.69) is 28.2 Å². The van der Waals surface area contributed by atoms with Crippen LogP contribution in [0.5, 0.6) is 5.75 Å². The molecule has 0 aliphatic carbocycles. The van der Waals surface area contributed by atoms with Gasteiger partial charge in [-0.3, -0.25) is 4.79 Å².